The third-order valence-corrected chi connectivity index (χ3v) is 3.49. The largest absolute Gasteiger partial charge is 0.397 e. The van der Waals surface area contributed by atoms with Crippen molar-refractivity contribution in [2.45, 2.75) is 6.92 Å². The summed E-state index contributed by atoms with van der Waals surface area (Å²) in [7, 11) is 0. The molecule has 0 amide bonds. The van der Waals surface area contributed by atoms with Crippen molar-refractivity contribution in [3.05, 3.63) is 53.2 Å². The number of benzene rings is 2. The quantitative estimate of drug-likeness (QED) is 0.678. The van der Waals surface area contributed by atoms with Crippen molar-refractivity contribution < 1.29 is 0 Å². The van der Waals surface area contributed by atoms with Gasteiger partial charge in [-0.05, 0) is 30.7 Å². The summed E-state index contributed by atoms with van der Waals surface area (Å²) in [5, 5.41) is 6.18. The van der Waals surface area contributed by atoms with Crippen LogP contribution in [-0.4, -0.2) is 9.78 Å². The molecule has 0 fully saturated rings. The van der Waals surface area contributed by atoms with Crippen molar-refractivity contribution in [1.29, 1.82) is 0 Å². The van der Waals surface area contributed by atoms with Crippen molar-refractivity contribution in [3.63, 3.8) is 0 Å². The number of aromatic nitrogens is 2. The van der Waals surface area contributed by atoms with Gasteiger partial charge in [0.15, 0.2) is 0 Å². The van der Waals surface area contributed by atoms with Gasteiger partial charge in [0.1, 0.15) is 0 Å². The fraction of sp³-hybridized carbons (Fsp3) is 0.0714. The van der Waals surface area contributed by atoms with Gasteiger partial charge in [-0.3, -0.25) is 0 Å². The van der Waals surface area contributed by atoms with Crippen LogP contribution in [0.15, 0.2) is 42.6 Å². The van der Waals surface area contributed by atoms with Crippen molar-refractivity contribution in [2.75, 3.05) is 5.73 Å². The lowest BCUT2D eigenvalue weighted by Crippen LogP contribution is -2.04. The Balaban J connectivity index is 2.36. The van der Waals surface area contributed by atoms with Gasteiger partial charge >= 0.3 is 0 Å². The van der Waals surface area contributed by atoms with E-state index < -0.39 is 0 Å². The molecule has 2 N–H and O–H groups in total. The summed E-state index contributed by atoms with van der Waals surface area (Å²) in [6, 6.07) is 11.6. The fourth-order valence-corrected chi connectivity index (χ4v) is 2.28. The first-order valence-electron chi connectivity index (χ1n) is 5.66. The Hall–Kier alpha value is -2.00. The van der Waals surface area contributed by atoms with E-state index in [9.17, 15) is 0 Å². The second-order valence-corrected chi connectivity index (χ2v) is 4.63. The Morgan fingerprint density at radius 2 is 1.94 bits per heavy atom. The molecule has 0 unspecified atom stereocenters. The third-order valence-electron chi connectivity index (χ3n) is 3.09. The van der Waals surface area contributed by atoms with E-state index in [1.54, 1.807) is 12.1 Å². The Kier molecular flexibility index (Phi) is 2.49. The smallest absolute Gasteiger partial charge is 0.0926 e. The molecule has 1 aromatic heterocycles. The molecule has 90 valence electrons. The lowest BCUT2D eigenvalue weighted by atomic mass is 10.1. The highest BCUT2D eigenvalue weighted by Gasteiger charge is 2.12. The first-order valence-corrected chi connectivity index (χ1v) is 6.04. The molecule has 0 aliphatic carbocycles. The summed E-state index contributed by atoms with van der Waals surface area (Å²) in [5.74, 6) is 0. The number of anilines is 1. The van der Waals surface area contributed by atoms with Crippen LogP contribution in [0.2, 0.25) is 5.02 Å². The van der Waals surface area contributed by atoms with Gasteiger partial charge in [-0.25, -0.2) is 4.68 Å². The predicted octanol–water partition coefficient (Wildman–Crippen LogP) is 3.57. The highest BCUT2D eigenvalue weighted by molar-refractivity contribution is 6.31. The number of fused-ring (bicyclic) bond motifs is 1. The molecule has 0 aliphatic heterocycles. The van der Waals surface area contributed by atoms with Crippen LogP contribution in [0, 0.1) is 6.92 Å². The van der Waals surface area contributed by atoms with Crippen LogP contribution in [-0.2, 0) is 0 Å². The van der Waals surface area contributed by atoms with Gasteiger partial charge in [-0.1, -0.05) is 29.8 Å². The van der Waals surface area contributed by atoms with Gasteiger partial charge in [0.05, 0.1) is 23.1 Å². The SMILES string of the molecule is Cc1c(Cl)ccc(N)c1-n1ncc2ccccc21. The maximum absolute atomic E-state index is 6.16. The van der Waals surface area contributed by atoms with Crippen molar-refractivity contribution in [1.82, 2.24) is 9.78 Å². The Morgan fingerprint density at radius 1 is 1.17 bits per heavy atom. The molecule has 3 rings (SSSR count). The summed E-state index contributed by atoms with van der Waals surface area (Å²) in [6.45, 7) is 1.95. The standard InChI is InChI=1S/C14H12ClN3/c1-9-11(15)6-7-12(16)14(9)18-13-5-3-2-4-10(13)8-17-18/h2-8H,16H2,1H3. The summed E-state index contributed by atoms with van der Waals surface area (Å²) in [6.07, 6.45) is 1.83. The minimum atomic E-state index is 0.672. The van der Waals surface area contributed by atoms with E-state index in [-0.39, 0.29) is 0 Å². The molecule has 1 heterocycles. The molecule has 2 aromatic carbocycles. The topological polar surface area (TPSA) is 43.8 Å². The molecule has 0 spiro atoms. The molecule has 0 atom stereocenters. The average Bonchev–Trinajstić information content (AvgIpc) is 2.79. The number of nitrogen functional groups attached to an aromatic ring is 1. The van der Waals surface area contributed by atoms with Crippen LogP contribution in [0.5, 0.6) is 0 Å². The number of nitrogens with zero attached hydrogens (tertiary/aromatic N) is 2. The zero-order valence-electron chi connectivity index (χ0n) is 9.89. The van der Waals surface area contributed by atoms with E-state index in [0.717, 1.165) is 22.2 Å². The first-order chi connectivity index (χ1) is 8.68. The van der Waals surface area contributed by atoms with E-state index >= 15 is 0 Å². The molecule has 0 saturated heterocycles. The molecule has 3 aromatic rings. The maximum atomic E-state index is 6.16. The summed E-state index contributed by atoms with van der Waals surface area (Å²) in [5.41, 5.74) is 9.53. The van der Waals surface area contributed by atoms with E-state index in [0.29, 0.717) is 10.7 Å². The van der Waals surface area contributed by atoms with Gasteiger partial charge in [-0.15, -0.1) is 0 Å². The summed E-state index contributed by atoms with van der Waals surface area (Å²) in [4.78, 5) is 0. The normalized spacial score (nSPS) is 11.0. The molecule has 0 saturated carbocycles. The minimum absolute atomic E-state index is 0.672. The number of halogens is 1. The first kappa shape index (κ1) is 11.1. The van der Waals surface area contributed by atoms with Crippen LogP contribution in [0.3, 0.4) is 0 Å². The number of hydrogen-bond donors (Lipinski definition) is 1. The van der Waals surface area contributed by atoms with Gasteiger partial charge in [-0.2, -0.15) is 5.10 Å². The van der Waals surface area contributed by atoms with Crippen LogP contribution in [0.4, 0.5) is 5.69 Å². The second kappa shape index (κ2) is 4.03. The highest BCUT2D eigenvalue weighted by Crippen LogP contribution is 2.29. The maximum Gasteiger partial charge on any atom is 0.0926 e. The zero-order valence-corrected chi connectivity index (χ0v) is 10.6. The Morgan fingerprint density at radius 3 is 2.78 bits per heavy atom. The van der Waals surface area contributed by atoms with Gasteiger partial charge in [0.25, 0.3) is 0 Å². The highest BCUT2D eigenvalue weighted by atomic mass is 35.5. The van der Waals surface area contributed by atoms with E-state index in [1.807, 2.05) is 42.1 Å². The molecular formula is C14H12ClN3. The molecule has 4 heteroatoms. The zero-order chi connectivity index (χ0) is 12.7. The monoisotopic (exact) mass is 257 g/mol. The summed E-state index contributed by atoms with van der Waals surface area (Å²) >= 11 is 6.16. The van der Waals surface area contributed by atoms with Crippen LogP contribution in [0.25, 0.3) is 16.6 Å². The van der Waals surface area contributed by atoms with Crippen molar-refractivity contribution >= 4 is 28.2 Å². The van der Waals surface area contributed by atoms with E-state index in [4.69, 9.17) is 17.3 Å². The fourth-order valence-electron chi connectivity index (χ4n) is 2.13. The van der Waals surface area contributed by atoms with E-state index in [2.05, 4.69) is 5.10 Å². The third kappa shape index (κ3) is 1.56. The van der Waals surface area contributed by atoms with Crippen molar-refractivity contribution in [2.24, 2.45) is 0 Å². The van der Waals surface area contributed by atoms with Gasteiger partial charge in [0, 0.05) is 10.4 Å². The number of para-hydroxylation sites is 1. The predicted molar refractivity (Wildman–Crippen MR) is 75.2 cm³/mol. The molecule has 18 heavy (non-hydrogen) atoms. The second-order valence-electron chi connectivity index (χ2n) is 4.23. The number of nitrogens with two attached hydrogens (primary N) is 1. The molecule has 3 nitrogen and oxygen atoms in total. The Labute approximate surface area is 110 Å². The number of hydrogen-bond acceptors (Lipinski definition) is 2. The number of rotatable bonds is 1. The molecule has 0 bridgehead atoms. The lowest BCUT2D eigenvalue weighted by Gasteiger charge is -2.12. The molecule has 0 radical (unpaired) electrons. The average molecular weight is 258 g/mol. The van der Waals surface area contributed by atoms with Gasteiger partial charge in [0.2, 0.25) is 0 Å². The van der Waals surface area contributed by atoms with Crippen molar-refractivity contribution in [3.8, 4) is 5.69 Å². The van der Waals surface area contributed by atoms with Crippen LogP contribution in [0.1, 0.15) is 5.56 Å². The lowest BCUT2D eigenvalue weighted by molar-refractivity contribution is 0.905. The van der Waals surface area contributed by atoms with Gasteiger partial charge < -0.3 is 5.73 Å². The summed E-state index contributed by atoms with van der Waals surface area (Å²) < 4.78 is 1.84. The van der Waals surface area contributed by atoms with Crippen LogP contribution >= 0.6 is 11.6 Å². The molecule has 0 aliphatic rings. The van der Waals surface area contributed by atoms with Crippen LogP contribution < -0.4 is 5.73 Å². The molecular weight excluding hydrogens is 246 g/mol. The van der Waals surface area contributed by atoms with E-state index in [1.165, 1.54) is 0 Å². The Bertz CT molecular complexity index is 731. The minimum Gasteiger partial charge on any atom is -0.397 e.